The van der Waals surface area contributed by atoms with Crippen molar-refractivity contribution in [3.8, 4) is 0 Å². The van der Waals surface area contributed by atoms with Crippen LogP contribution in [0.4, 0.5) is 0 Å². The zero-order valence-corrected chi connectivity index (χ0v) is 15.0. The molecule has 0 saturated heterocycles. The van der Waals surface area contributed by atoms with Crippen molar-refractivity contribution in [1.82, 2.24) is 4.90 Å². The van der Waals surface area contributed by atoms with Crippen LogP contribution in [-0.4, -0.2) is 61.9 Å². The summed E-state index contributed by atoms with van der Waals surface area (Å²) in [5.41, 5.74) is 0.930. The van der Waals surface area contributed by atoms with Crippen molar-refractivity contribution < 1.29 is 15.0 Å². The fraction of sp³-hybridized carbons (Fsp3) is 0.500. The molecule has 4 N–H and O–H groups in total. The number of carbonyl (C=O) groups is 1. The van der Waals surface area contributed by atoms with E-state index in [-0.39, 0.29) is 33.7 Å². The molecule has 0 radical (unpaired) electrons. The Morgan fingerprint density at radius 2 is 1.79 bits per heavy atom. The van der Waals surface area contributed by atoms with Gasteiger partial charge in [-0.05, 0) is 14.0 Å². The molecule has 0 heterocycles. The second-order valence-corrected chi connectivity index (χ2v) is 7.32. The molecule has 1 rings (SSSR count). The Balaban J connectivity index is 0.000000982. The molecule has 0 aliphatic heterocycles. The summed E-state index contributed by atoms with van der Waals surface area (Å²) in [5.74, 6) is -0.616. The van der Waals surface area contributed by atoms with E-state index in [0.29, 0.717) is 0 Å². The van der Waals surface area contributed by atoms with Crippen molar-refractivity contribution in [3.63, 3.8) is 0 Å². The first-order chi connectivity index (χ1) is 8.93. The van der Waals surface area contributed by atoms with Gasteiger partial charge in [0.05, 0.1) is 6.04 Å². The maximum absolute atomic E-state index is 10.7. The minimum absolute atomic E-state index is 0.0728. The van der Waals surface area contributed by atoms with Crippen LogP contribution in [0.1, 0.15) is 18.6 Å². The third-order valence-electron chi connectivity index (χ3n) is 2.73. The van der Waals surface area contributed by atoms with Crippen LogP contribution in [0, 0.1) is 0 Å². The molecular weight excluding hydrogens is 349 g/mol. The Kier molecular flexibility index (Phi) is 9.91. The van der Waals surface area contributed by atoms with E-state index < -0.39 is 12.1 Å². The summed E-state index contributed by atoms with van der Waals surface area (Å²) in [6.07, 6.45) is -0.398. The van der Waals surface area contributed by atoms with Crippen LogP contribution in [0.15, 0.2) is 30.3 Å². The van der Waals surface area contributed by atoms with E-state index in [9.17, 15) is 4.79 Å². The average Bonchev–Trinajstić information content (AvgIpc) is 2.38. The SMILES string of the molecule is CC(C([OH2+])c1ccccc1)N(C)CC(=O)[OH2+].[CH3][Sn+2][CH3]. The van der Waals surface area contributed by atoms with Gasteiger partial charge in [0.1, 0.15) is 0 Å². The molecule has 0 aliphatic rings. The van der Waals surface area contributed by atoms with Crippen LogP contribution in [0.3, 0.4) is 0 Å². The van der Waals surface area contributed by atoms with Crippen LogP contribution >= 0.6 is 0 Å². The molecule has 0 aliphatic carbocycles. The van der Waals surface area contributed by atoms with Gasteiger partial charge in [-0.25, -0.2) is 0 Å². The summed E-state index contributed by atoms with van der Waals surface area (Å²) in [7, 11) is 1.77. The van der Waals surface area contributed by atoms with Crippen LogP contribution in [0.5, 0.6) is 0 Å². The van der Waals surface area contributed by atoms with Crippen molar-refractivity contribution in [2.45, 2.75) is 28.9 Å². The first kappa shape index (κ1) is 18.4. The van der Waals surface area contributed by atoms with Crippen molar-refractivity contribution in [3.05, 3.63) is 35.9 Å². The van der Waals surface area contributed by atoms with E-state index in [4.69, 9.17) is 10.2 Å². The normalized spacial score (nSPS) is 12.9. The van der Waals surface area contributed by atoms with Crippen molar-refractivity contribution in [2.75, 3.05) is 13.6 Å². The van der Waals surface area contributed by atoms with Gasteiger partial charge in [-0.2, -0.15) is 0 Å². The third-order valence-corrected chi connectivity index (χ3v) is 2.73. The Hall–Kier alpha value is -0.591. The molecule has 2 unspecified atom stereocenters. The molecule has 0 fully saturated rings. The molecule has 1 aromatic carbocycles. The van der Waals surface area contributed by atoms with Gasteiger partial charge in [0.15, 0.2) is 12.6 Å². The first-order valence-corrected chi connectivity index (χ1v) is 11.9. The van der Waals surface area contributed by atoms with Gasteiger partial charge < -0.3 is 10.2 Å². The fourth-order valence-corrected chi connectivity index (χ4v) is 1.56. The molecule has 104 valence electrons. The summed E-state index contributed by atoms with van der Waals surface area (Å²) in [5, 5.41) is 15.0. The predicted octanol–water partition coefficient (Wildman–Crippen LogP) is 0.811. The van der Waals surface area contributed by atoms with Gasteiger partial charge >= 0.3 is 37.0 Å². The zero-order chi connectivity index (χ0) is 14.8. The van der Waals surface area contributed by atoms with Gasteiger partial charge in [0.25, 0.3) is 0 Å². The monoisotopic (exact) mass is 375 g/mol. The van der Waals surface area contributed by atoms with E-state index in [1.165, 1.54) is 0 Å². The first-order valence-electron chi connectivity index (χ1n) is 6.23. The molecule has 0 amide bonds. The van der Waals surface area contributed by atoms with Crippen molar-refractivity contribution in [1.29, 1.82) is 0 Å². The van der Waals surface area contributed by atoms with Gasteiger partial charge in [-0.3, -0.25) is 4.90 Å². The summed E-state index contributed by atoms with van der Waals surface area (Å²) in [4.78, 5) is 17.0. The molecule has 2 atom stereocenters. The summed E-state index contributed by atoms with van der Waals surface area (Å²) in [6, 6.07) is 9.45. The maximum atomic E-state index is 10.7. The molecule has 0 aromatic heterocycles. The Morgan fingerprint density at radius 1 is 1.32 bits per heavy atom. The molecule has 0 saturated carbocycles. The molecule has 0 bridgehead atoms. The molecular formula is C14H25NO3Sn+4. The second kappa shape index (κ2) is 10.2. The molecule has 5 heteroatoms. The Morgan fingerprint density at radius 3 is 2.21 bits per heavy atom. The number of nitrogens with zero attached hydrogens (tertiary/aromatic N) is 1. The second-order valence-electron chi connectivity index (χ2n) is 4.47. The zero-order valence-electron chi connectivity index (χ0n) is 12.1. The summed E-state index contributed by atoms with van der Waals surface area (Å²) in [6.45, 7) is 1.97. The van der Waals surface area contributed by atoms with Crippen LogP contribution in [0.25, 0.3) is 0 Å². The molecule has 19 heavy (non-hydrogen) atoms. The minimum atomic E-state index is -0.616. The Labute approximate surface area is 125 Å². The summed E-state index contributed by atoms with van der Waals surface area (Å²) >= 11 is 0.230. The number of benzene rings is 1. The van der Waals surface area contributed by atoms with Crippen LogP contribution < -0.4 is 0 Å². The van der Waals surface area contributed by atoms with E-state index >= 15 is 0 Å². The van der Waals surface area contributed by atoms with E-state index in [1.54, 1.807) is 11.9 Å². The quantitative estimate of drug-likeness (QED) is 0.566. The number of carbonyl (C=O) groups excluding carboxylic acids is 1. The van der Waals surface area contributed by atoms with Gasteiger partial charge in [0, 0.05) is 10.4 Å². The number of rotatable bonds is 5. The number of likely N-dealkylation sites (N-methyl/N-ethyl adjacent to an activating group) is 1. The van der Waals surface area contributed by atoms with Crippen molar-refractivity contribution in [2.24, 2.45) is 0 Å². The fourth-order valence-electron chi connectivity index (χ4n) is 1.56. The van der Waals surface area contributed by atoms with E-state index in [0.717, 1.165) is 5.56 Å². The van der Waals surface area contributed by atoms with Crippen molar-refractivity contribution >= 4 is 27.1 Å². The van der Waals surface area contributed by atoms with E-state index in [2.05, 4.69) is 9.88 Å². The molecule has 0 spiro atoms. The molecule has 4 nitrogen and oxygen atoms in total. The van der Waals surface area contributed by atoms with Gasteiger partial charge in [0.2, 0.25) is 0 Å². The van der Waals surface area contributed by atoms with E-state index in [1.807, 2.05) is 37.3 Å². The number of hydrogen-bond donors (Lipinski definition) is 0. The van der Waals surface area contributed by atoms with Crippen LogP contribution in [0.2, 0.25) is 9.88 Å². The van der Waals surface area contributed by atoms with Gasteiger partial charge in [-0.15, -0.1) is 0 Å². The Bertz CT molecular complexity index is 359. The standard InChI is InChI=1S/C12H17NO3.2CH3.Sn/c1-9(13(2)8-11(14)15)12(16)10-6-4-3-5-7-10;;;/h3-7,9,12,16H,8H2,1-2H3,(H,14,15);2*1H3;/q;;;+2/p+2. The molecule has 1 aromatic rings. The van der Waals surface area contributed by atoms with Gasteiger partial charge in [-0.1, -0.05) is 30.3 Å². The third kappa shape index (κ3) is 7.54. The van der Waals surface area contributed by atoms with Crippen LogP contribution in [-0.2, 0) is 4.79 Å². The number of hydrogen-bond acceptors (Lipinski definition) is 2. The predicted molar refractivity (Wildman–Crippen MR) is 81.0 cm³/mol. The average molecular weight is 374 g/mol. The topological polar surface area (TPSA) is 66.1 Å². The summed E-state index contributed by atoms with van der Waals surface area (Å²) < 4.78 is 0.